The zero-order valence-electron chi connectivity index (χ0n) is 30.1. The normalized spacial score (nSPS) is 15.5. The first kappa shape index (κ1) is 43.2. The van der Waals surface area contributed by atoms with Gasteiger partial charge in [0.15, 0.2) is 0 Å². The quantitative estimate of drug-likeness (QED) is 0.0778. The van der Waals surface area contributed by atoms with E-state index in [1.54, 1.807) is 13.8 Å². The molecule has 2 aromatic carbocycles. The standard InChI is InChI=1S/C37H50O10S3/c1-34(2,29(38)39)36(5,31(42)46-21-19-44-7)23-27(25-15-11-9-12-16-25)49-33(48)50-28(26-17-13-10-14-18-26)24-37(6,35(3,4)30(40)41)32(43)47-22-20-45-8/h9-18,27-28H,19-24H2,1-8H3,(H,38,39)(H,40,41). The Bertz CT molecular complexity index is 1340. The van der Waals surface area contributed by atoms with Crippen molar-refractivity contribution in [3.63, 3.8) is 0 Å². The van der Waals surface area contributed by atoms with E-state index in [0.717, 1.165) is 11.1 Å². The van der Waals surface area contributed by atoms with Crippen molar-refractivity contribution in [1.82, 2.24) is 0 Å². The molecule has 0 aliphatic rings. The minimum atomic E-state index is -1.53. The van der Waals surface area contributed by atoms with E-state index in [1.807, 2.05) is 60.7 Å². The molecule has 276 valence electrons. The van der Waals surface area contributed by atoms with Crippen LogP contribution in [0.4, 0.5) is 0 Å². The van der Waals surface area contributed by atoms with Crippen LogP contribution in [-0.4, -0.2) is 78.3 Å². The predicted octanol–water partition coefficient (Wildman–Crippen LogP) is 7.61. The van der Waals surface area contributed by atoms with Crippen LogP contribution in [-0.2, 0) is 38.1 Å². The maximum absolute atomic E-state index is 13.7. The summed E-state index contributed by atoms with van der Waals surface area (Å²) in [5, 5.41) is 19.6. The van der Waals surface area contributed by atoms with Gasteiger partial charge in [-0.3, -0.25) is 19.2 Å². The molecule has 0 spiro atoms. The fraction of sp³-hybridized carbons (Fsp3) is 0.541. The highest BCUT2D eigenvalue weighted by molar-refractivity contribution is 8.47. The van der Waals surface area contributed by atoms with Crippen molar-refractivity contribution in [1.29, 1.82) is 0 Å². The van der Waals surface area contributed by atoms with Crippen LogP contribution >= 0.6 is 35.7 Å². The van der Waals surface area contributed by atoms with Crippen LogP contribution in [0, 0.1) is 21.7 Å². The fourth-order valence-electron chi connectivity index (χ4n) is 5.21. The molecular weight excluding hydrogens is 701 g/mol. The summed E-state index contributed by atoms with van der Waals surface area (Å²) < 4.78 is 21.6. The second-order valence-electron chi connectivity index (χ2n) is 13.5. The van der Waals surface area contributed by atoms with Gasteiger partial charge < -0.3 is 29.2 Å². The number of ether oxygens (including phenoxy) is 4. The summed E-state index contributed by atoms with van der Waals surface area (Å²) in [6.45, 7) is 9.49. The number of thioether (sulfide) groups is 2. The van der Waals surface area contributed by atoms with E-state index in [9.17, 15) is 29.4 Å². The molecule has 0 aromatic heterocycles. The van der Waals surface area contributed by atoms with Crippen molar-refractivity contribution in [3.05, 3.63) is 71.8 Å². The molecule has 0 heterocycles. The molecule has 0 bridgehead atoms. The highest BCUT2D eigenvalue weighted by atomic mass is 32.2. The van der Waals surface area contributed by atoms with Crippen molar-refractivity contribution >= 4 is 63.1 Å². The van der Waals surface area contributed by atoms with Crippen LogP contribution in [0.25, 0.3) is 0 Å². The summed E-state index contributed by atoms with van der Waals surface area (Å²) in [6, 6.07) is 18.7. The topological polar surface area (TPSA) is 146 Å². The van der Waals surface area contributed by atoms with Gasteiger partial charge in [0, 0.05) is 24.7 Å². The van der Waals surface area contributed by atoms with Crippen LogP contribution in [0.5, 0.6) is 0 Å². The van der Waals surface area contributed by atoms with E-state index < -0.39 is 56.0 Å². The number of thiocarbonyl (C=S) groups is 1. The van der Waals surface area contributed by atoms with Gasteiger partial charge >= 0.3 is 23.9 Å². The number of methoxy groups -OCH3 is 2. The Hall–Kier alpha value is -2.97. The number of carboxylic acid groups (broad SMARTS) is 2. The predicted molar refractivity (Wildman–Crippen MR) is 200 cm³/mol. The van der Waals surface area contributed by atoms with Gasteiger partial charge in [0.05, 0.1) is 34.9 Å². The average Bonchev–Trinajstić information content (AvgIpc) is 3.08. The van der Waals surface area contributed by atoms with Gasteiger partial charge in [0.25, 0.3) is 0 Å². The molecule has 2 N–H and O–H groups in total. The molecule has 50 heavy (non-hydrogen) atoms. The van der Waals surface area contributed by atoms with Crippen LogP contribution in [0.15, 0.2) is 60.7 Å². The van der Waals surface area contributed by atoms with Crippen molar-refractivity contribution in [2.24, 2.45) is 21.7 Å². The molecular formula is C37H50O10S3. The van der Waals surface area contributed by atoms with E-state index in [-0.39, 0.29) is 39.3 Å². The number of carbonyl (C=O) groups excluding carboxylic acids is 2. The van der Waals surface area contributed by atoms with Crippen LogP contribution < -0.4 is 0 Å². The lowest BCUT2D eigenvalue weighted by atomic mass is 9.63. The molecule has 0 amide bonds. The van der Waals surface area contributed by atoms with Crippen LogP contribution in [0.2, 0.25) is 0 Å². The number of carboxylic acids is 2. The van der Waals surface area contributed by atoms with Gasteiger partial charge in [-0.05, 0) is 65.5 Å². The minimum Gasteiger partial charge on any atom is -0.481 e. The highest BCUT2D eigenvalue weighted by Crippen LogP contribution is 2.54. The first-order valence-corrected chi connectivity index (χ1v) is 18.3. The van der Waals surface area contributed by atoms with Gasteiger partial charge in [0.1, 0.15) is 16.7 Å². The van der Waals surface area contributed by atoms with Crippen LogP contribution in [0.3, 0.4) is 0 Å². The number of benzene rings is 2. The molecule has 0 fully saturated rings. The number of carbonyl (C=O) groups is 4. The summed E-state index contributed by atoms with van der Waals surface area (Å²) in [5.41, 5.74) is -4.39. The van der Waals surface area contributed by atoms with Gasteiger partial charge in [-0.2, -0.15) is 0 Å². The van der Waals surface area contributed by atoms with E-state index in [1.165, 1.54) is 65.4 Å². The van der Waals surface area contributed by atoms with Crippen molar-refractivity contribution in [2.45, 2.75) is 64.9 Å². The number of esters is 2. The molecule has 2 aromatic rings. The summed E-state index contributed by atoms with van der Waals surface area (Å²) in [7, 11) is 2.96. The lowest BCUT2D eigenvalue weighted by Gasteiger charge is -2.41. The maximum Gasteiger partial charge on any atom is 0.313 e. The molecule has 0 aliphatic heterocycles. The molecule has 0 aliphatic carbocycles. The Balaban J connectivity index is 2.58. The van der Waals surface area contributed by atoms with Gasteiger partial charge in [-0.15, -0.1) is 0 Å². The summed E-state index contributed by atoms with van der Waals surface area (Å²) in [4.78, 5) is 52.5. The average molecular weight is 751 g/mol. The zero-order valence-corrected chi connectivity index (χ0v) is 32.5. The highest BCUT2D eigenvalue weighted by Gasteiger charge is 2.56. The first-order valence-electron chi connectivity index (χ1n) is 16.1. The Kier molecular flexibility index (Phi) is 16.4. The summed E-state index contributed by atoms with van der Waals surface area (Å²) in [6.07, 6.45) is 0.137. The zero-order chi connectivity index (χ0) is 37.8. The molecule has 2 rings (SSSR count). The molecule has 4 atom stereocenters. The largest absolute Gasteiger partial charge is 0.481 e. The molecule has 0 radical (unpaired) electrons. The molecule has 13 heteroatoms. The van der Waals surface area contributed by atoms with Crippen LogP contribution in [0.1, 0.15) is 76.0 Å². The van der Waals surface area contributed by atoms with Crippen molar-refractivity contribution < 1.29 is 48.3 Å². The molecule has 10 nitrogen and oxygen atoms in total. The maximum atomic E-state index is 13.7. The Morgan fingerprint density at radius 1 is 0.620 bits per heavy atom. The lowest BCUT2D eigenvalue weighted by molar-refractivity contribution is -0.175. The van der Waals surface area contributed by atoms with Gasteiger partial charge in [0.2, 0.25) is 0 Å². The third-order valence-electron chi connectivity index (χ3n) is 9.78. The second kappa shape index (κ2) is 19.0. The lowest BCUT2D eigenvalue weighted by Crippen LogP contribution is -2.49. The number of rotatable bonds is 20. The molecule has 4 unspecified atom stereocenters. The molecule has 0 saturated heterocycles. The third kappa shape index (κ3) is 10.5. The monoisotopic (exact) mass is 750 g/mol. The second-order valence-corrected chi connectivity index (χ2v) is 17.1. The number of hydrogen-bond acceptors (Lipinski definition) is 11. The van der Waals surface area contributed by atoms with E-state index in [2.05, 4.69) is 0 Å². The Morgan fingerprint density at radius 2 is 0.940 bits per heavy atom. The Labute approximate surface area is 309 Å². The smallest absolute Gasteiger partial charge is 0.313 e. The summed E-state index contributed by atoms with van der Waals surface area (Å²) in [5.74, 6) is -3.63. The SMILES string of the molecule is COCCOC(=O)C(C)(CC(SC(=S)SC(CC(C)(C(=O)OCCOC)C(C)(C)C(=O)O)c1ccccc1)c1ccccc1)C(C)(C)C(=O)O. The number of hydrogen-bond donors (Lipinski definition) is 2. The Morgan fingerprint density at radius 3 is 1.22 bits per heavy atom. The van der Waals surface area contributed by atoms with Gasteiger partial charge in [-0.25, -0.2) is 0 Å². The first-order chi connectivity index (χ1) is 23.4. The van der Waals surface area contributed by atoms with E-state index >= 15 is 0 Å². The van der Waals surface area contributed by atoms with E-state index in [0.29, 0.717) is 3.53 Å². The molecule has 0 saturated carbocycles. The van der Waals surface area contributed by atoms with Crippen molar-refractivity contribution in [2.75, 3.05) is 40.6 Å². The fourth-order valence-corrected chi connectivity index (χ4v) is 8.71. The van der Waals surface area contributed by atoms with E-state index in [4.69, 9.17) is 31.2 Å². The minimum absolute atomic E-state index is 0.0316. The summed E-state index contributed by atoms with van der Waals surface area (Å²) >= 11 is 8.62. The number of aliphatic carboxylic acids is 2. The third-order valence-corrected chi connectivity index (χ3v) is 12.8. The van der Waals surface area contributed by atoms with Gasteiger partial charge in [-0.1, -0.05) is 96.4 Å². The van der Waals surface area contributed by atoms with Crippen molar-refractivity contribution in [3.8, 4) is 0 Å².